The molecule has 1 unspecified atom stereocenters. The Bertz CT molecular complexity index is 412. The maximum atomic E-state index is 12.7. The van der Waals surface area contributed by atoms with Gasteiger partial charge in [-0.1, -0.05) is 11.8 Å². The molecule has 1 aliphatic heterocycles. The van der Waals surface area contributed by atoms with Crippen LogP contribution in [0.5, 0.6) is 0 Å². The van der Waals surface area contributed by atoms with E-state index in [1.54, 1.807) is 12.1 Å². The number of hydrogen-bond donors (Lipinski definition) is 1. The van der Waals surface area contributed by atoms with Gasteiger partial charge in [0.05, 0.1) is 6.54 Å². The summed E-state index contributed by atoms with van der Waals surface area (Å²) in [5, 5.41) is 4.87. The highest BCUT2D eigenvalue weighted by atomic mass is 32.2. The van der Waals surface area contributed by atoms with Crippen LogP contribution in [-0.4, -0.2) is 17.0 Å². The number of thioether (sulfide) groups is 1. The highest BCUT2D eigenvalue weighted by Crippen LogP contribution is 2.41. The molecule has 0 bridgehead atoms. The van der Waals surface area contributed by atoms with E-state index in [1.165, 1.54) is 25.0 Å². The fourth-order valence-corrected chi connectivity index (χ4v) is 3.06. The van der Waals surface area contributed by atoms with E-state index in [0.29, 0.717) is 5.25 Å². The molecule has 1 saturated carbocycles. The maximum Gasteiger partial charge on any atom is 0.161 e. The molecule has 84 valence electrons. The second kappa shape index (κ2) is 4.09. The molecule has 1 N–H and O–H groups in total. The summed E-state index contributed by atoms with van der Waals surface area (Å²) in [5.74, 6) is 0.670. The molecule has 1 aromatic rings. The zero-order chi connectivity index (χ0) is 11.0. The van der Waals surface area contributed by atoms with E-state index in [9.17, 15) is 4.39 Å². The molecule has 16 heavy (non-hydrogen) atoms. The molecular weight excluding hydrogens is 223 g/mol. The summed E-state index contributed by atoms with van der Waals surface area (Å²) in [5.41, 5.74) is 0.907. The molecule has 2 nitrogen and oxygen atoms in total. The minimum Gasteiger partial charge on any atom is -0.335 e. The number of benzene rings is 1. The van der Waals surface area contributed by atoms with E-state index in [2.05, 4.69) is 10.3 Å². The molecule has 0 spiro atoms. The van der Waals surface area contributed by atoms with Crippen LogP contribution in [-0.2, 0) is 0 Å². The van der Waals surface area contributed by atoms with Crippen molar-refractivity contribution in [1.29, 1.82) is 0 Å². The van der Waals surface area contributed by atoms with Gasteiger partial charge in [-0.15, -0.1) is 0 Å². The van der Waals surface area contributed by atoms with Crippen molar-refractivity contribution in [1.82, 2.24) is 0 Å². The van der Waals surface area contributed by atoms with Crippen LogP contribution in [0.1, 0.15) is 12.8 Å². The van der Waals surface area contributed by atoms with Crippen molar-refractivity contribution in [2.45, 2.75) is 18.1 Å². The summed E-state index contributed by atoms with van der Waals surface area (Å²) in [7, 11) is 0. The molecule has 0 amide bonds. The second-order valence-corrected chi connectivity index (χ2v) is 5.50. The minimum atomic E-state index is -0.206. The summed E-state index contributed by atoms with van der Waals surface area (Å²) in [4.78, 5) is 4.47. The first-order chi connectivity index (χ1) is 7.81. The van der Waals surface area contributed by atoms with E-state index >= 15 is 0 Å². The zero-order valence-electron chi connectivity index (χ0n) is 8.82. The fraction of sp³-hybridized carbons (Fsp3) is 0.417. The summed E-state index contributed by atoms with van der Waals surface area (Å²) in [6, 6.07) is 6.40. The lowest BCUT2D eigenvalue weighted by Crippen LogP contribution is -2.08. The molecule has 0 aromatic heterocycles. The minimum absolute atomic E-state index is 0.206. The Morgan fingerprint density at radius 2 is 2.00 bits per heavy atom. The average molecular weight is 236 g/mol. The molecule has 1 aliphatic carbocycles. The number of nitrogens with one attached hydrogen (secondary N) is 1. The second-order valence-electron chi connectivity index (χ2n) is 4.27. The smallest absolute Gasteiger partial charge is 0.161 e. The fourth-order valence-electron chi connectivity index (χ4n) is 1.83. The molecule has 1 heterocycles. The lowest BCUT2D eigenvalue weighted by Gasteiger charge is -2.07. The van der Waals surface area contributed by atoms with Gasteiger partial charge in [0.1, 0.15) is 5.82 Å². The molecule has 1 atom stereocenters. The largest absolute Gasteiger partial charge is 0.335 e. The Morgan fingerprint density at radius 3 is 2.69 bits per heavy atom. The van der Waals surface area contributed by atoms with Crippen molar-refractivity contribution in [3.05, 3.63) is 30.1 Å². The number of nitrogens with zero attached hydrogens (tertiary/aromatic N) is 1. The number of amidine groups is 1. The molecular formula is C12H13FN2S. The van der Waals surface area contributed by atoms with Gasteiger partial charge in [0.2, 0.25) is 0 Å². The normalized spacial score (nSPS) is 24.3. The van der Waals surface area contributed by atoms with E-state index < -0.39 is 0 Å². The number of anilines is 1. The van der Waals surface area contributed by atoms with Crippen LogP contribution in [0.3, 0.4) is 0 Å². The Hall–Kier alpha value is -1.03. The van der Waals surface area contributed by atoms with Gasteiger partial charge in [-0.25, -0.2) is 4.39 Å². The first kappa shape index (κ1) is 10.1. The maximum absolute atomic E-state index is 12.7. The van der Waals surface area contributed by atoms with Crippen molar-refractivity contribution in [3.8, 4) is 0 Å². The first-order valence-corrected chi connectivity index (χ1v) is 6.43. The van der Waals surface area contributed by atoms with Crippen molar-refractivity contribution < 1.29 is 4.39 Å². The lowest BCUT2D eigenvalue weighted by atomic mass is 10.3. The van der Waals surface area contributed by atoms with Gasteiger partial charge in [-0.2, -0.15) is 0 Å². The molecule has 1 aromatic carbocycles. The van der Waals surface area contributed by atoms with Crippen molar-refractivity contribution >= 4 is 22.6 Å². The zero-order valence-corrected chi connectivity index (χ0v) is 9.64. The van der Waals surface area contributed by atoms with Crippen LogP contribution >= 0.6 is 11.8 Å². The van der Waals surface area contributed by atoms with E-state index in [1.807, 2.05) is 11.8 Å². The number of halogens is 1. The number of aliphatic imine (C=N–C) groups is 1. The Morgan fingerprint density at radius 1 is 1.25 bits per heavy atom. The van der Waals surface area contributed by atoms with Crippen LogP contribution in [0.4, 0.5) is 10.1 Å². The van der Waals surface area contributed by atoms with Crippen molar-refractivity contribution in [2.24, 2.45) is 10.9 Å². The topological polar surface area (TPSA) is 24.4 Å². The monoisotopic (exact) mass is 236 g/mol. The Kier molecular flexibility index (Phi) is 2.59. The van der Waals surface area contributed by atoms with Crippen LogP contribution in [0.25, 0.3) is 0 Å². The standard InChI is InChI=1S/C12H13FN2S/c13-9-3-5-10(6-4-9)15-12-14-7-11(16-12)8-1-2-8/h3-6,8,11H,1-2,7H2,(H,14,15). The predicted molar refractivity (Wildman–Crippen MR) is 66.4 cm³/mol. The third-order valence-corrected chi connectivity index (χ3v) is 4.21. The predicted octanol–water partition coefficient (Wildman–Crippen LogP) is 3.12. The molecule has 4 heteroatoms. The first-order valence-electron chi connectivity index (χ1n) is 5.55. The van der Waals surface area contributed by atoms with Gasteiger partial charge in [-0.05, 0) is 43.0 Å². The number of rotatable bonds is 2. The van der Waals surface area contributed by atoms with Gasteiger partial charge >= 0.3 is 0 Å². The number of hydrogen-bond acceptors (Lipinski definition) is 3. The average Bonchev–Trinajstić information content (AvgIpc) is 3.04. The SMILES string of the molecule is Fc1ccc(NC2=NCC(C3CC3)S2)cc1. The van der Waals surface area contributed by atoms with Crippen LogP contribution < -0.4 is 5.32 Å². The Balaban J connectivity index is 1.60. The quantitative estimate of drug-likeness (QED) is 0.853. The summed E-state index contributed by atoms with van der Waals surface area (Å²) >= 11 is 1.83. The lowest BCUT2D eigenvalue weighted by molar-refractivity contribution is 0.628. The highest BCUT2D eigenvalue weighted by Gasteiger charge is 2.35. The third kappa shape index (κ3) is 2.21. The van der Waals surface area contributed by atoms with Gasteiger partial charge < -0.3 is 5.32 Å². The third-order valence-electron chi connectivity index (χ3n) is 2.92. The van der Waals surface area contributed by atoms with Crippen molar-refractivity contribution in [2.75, 3.05) is 11.9 Å². The molecule has 3 rings (SSSR count). The molecule has 0 saturated heterocycles. The molecule has 2 aliphatic rings. The van der Waals surface area contributed by atoms with Crippen molar-refractivity contribution in [3.63, 3.8) is 0 Å². The molecule has 0 radical (unpaired) electrons. The Labute approximate surface area is 98.3 Å². The van der Waals surface area contributed by atoms with E-state index in [4.69, 9.17) is 0 Å². The van der Waals surface area contributed by atoms with Crippen LogP contribution in [0.2, 0.25) is 0 Å². The highest BCUT2D eigenvalue weighted by molar-refractivity contribution is 8.15. The summed E-state index contributed by atoms with van der Waals surface area (Å²) < 4.78 is 12.7. The van der Waals surface area contributed by atoms with E-state index in [0.717, 1.165) is 23.3 Å². The summed E-state index contributed by atoms with van der Waals surface area (Å²) in [6.07, 6.45) is 2.72. The van der Waals surface area contributed by atoms with E-state index in [-0.39, 0.29) is 5.82 Å². The molecule has 1 fully saturated rings. The van der Waals surface area contributed by atoms with Crippen LogP contribution in [0, 0.1) is 11.7 Å². The van der Waals surface area contributed by atoms with Gasteiger partial charge in [0.15, 0.2) is 5.17 Å². The van der Waals surface area contributed by atoms with Gasteiger partial charge in [-0.3, -0.25) is 4.99 Å². The summed E-state index contributed by atoms with van der Waals surface area (Å²) in [6.45, 7) is 0.929. The van der Waals surface area contributed by atoms with Gasteiger partial charge in [0, 0.05) is 10.9 Å². The van der Waals surface area contributed by atoms with Crippen LogP contribution in [0.15, 0.2) is 29.3 Å². The van der Waals surface area contributed by atoms with Gasteiger partial charge in [0.25, 0.3) is 0 Å².